The maximum Gasteiger partial charge on any atom is 0.254 e. The number of hydrogen-bond acceptors (Lipinski definition) is 7. The van der Waals surface area contributed by atoms with Crippen LogP contribution in [0.1, 0.15) is 40.7 Å². The maximum atomic E-state index is 12.9. The maximum absolute atomic E-state index is 12.9. The fourth-order valence-electron chi connectivity index (χ4n) is 3.59. The Labute approximate surface area is 174 Å². The molecule has 1 aliphatic heterocycles. The zero-order valence-corrected chi connectivity index (χ0v) is 16.8. The Morgan fingerprint density at radius 2 is 2.10 bits per heavy atom. The molecule has 158 valence electrons. The van der Waals surface area contributed by atoms with E-state index in [0.717, 1.165) is 17.5 Å². The fraction of sp³-hybridized carbons (Fsp3) is 0.381. The zero-order chi connectivity index (χ0) is 21.5. The van der Waals surface area contributed by atoms with Crippen molar-refractivity contribution in [1.29, 1.82) is 0 Å². The van der Waals surface area contributed by atoms with Gasteiger partial charge in [-0.15, -0.1) is 0 Å². The minimum Gasteiger partial charge on any atom is -0.497 e. The van der Waals surface area contributed by atoms with Crippen LogP contribution in [0, 0.1) is 5.92 Å². The lowest BCUT2D eigenvalue weighted by molar-refractivity contribution is -0.125. The number of aromatic nitrogens is 2. The number of ether oxygens (including phenoxy) is 1. The predicted octanol–water partition coefficient (Wildman–Crippen LogP) is 1.33. The summed E-state index contributed by atoms with van der Waals surface area (Å²) in [5, 5.41) is 2.16. The molecule has 2 aromatic rings. The first-order valence-electron chi connectivity index (χ1n) is 9.75. The fourth-order valence-corrected chi connectivity index (χ4v) is 3.59. The molecular weight excluding hydrogens is 386 g/mol. The van der Waals surface area contributed by atoms with E-state index < -0.39 is 0 Å². The van der Waals surface area contributed by atoms with Crippen LogP contribution in [0.2, 0.25) is 0 Å². The number of fused-ring (bicyclic) bond motifs is 1. The molecule has 0 fully saturated rings. The highest BCUT2D eigenvalue weighted by Gasteiger charge is 2.29. The lowest BCUT2D eigenvalue weighted by Gasteiger charge is -2.23. The van der Waals surface area contributed by atoms with Crippen molar-refractivity contribution in [2.75, 3.05) is 19.4 Å². The van der Waals surface area contributed by atoms with E-state index in [1.165, 1.54) is 0 Å². The van der Waals surface area contributed by atoms with E-state index in [2.05, 4.69) is 15.3 Å². The number of anilines is 1. The van der Waals surface area contributed by atoms with Crippen molar-refractivity contribution in [2.24, 2.45) is 5.92 Å². The van der Waals surface area contributed by atoms with Gasteiger partial charge in [0.25, 0.3) is 5.91 Å². The van der Waals surface area contributed by atoms with Gasteiger partial charge >= 0.3 is 0 Å². The molecule has 3 rings (SSSR count). The number of nitrogens with zero attached hydrogens (tertiary/aromatic N) is 3. The number of nitrogens with two attached hydrogens (primary N) is 1. The van der Waals surface area contributed by atoms with Gasteiger partial charge in [0.1, 0.15) is 5.75 Å². The Morgan fingerprint density at radius 3 is 2.80 bits per heavy atom. The van der Waals surface area contributed by atoms with Crippen LogP contribution in [-0.2, 0) is 22.6 Å². The quantitative estimate of drug-likeness (QED) is 0.565. The first kappa shape index (κ1) is 21.2. The zero-order valence-electron chi connectivity index (χ0n) is 16.8. The van der Waals surface area contributed by atoms with E-state index in [9.17, 15) is 14.4 Å². The normalized spacial score (nSPS) is 13.6. The van der Waals surface area contributed by atoms with Gasteiger partial charge in [-0.3, -0.25) is 19.7 Å². The number of nitrogens with one attached hydrogen (secondary N) is 1. The second-order valence-electron chi connectivity index (χ2n) is 7.29. The molecular formula is C21H25N5O4. The van der Waals surface area contributed by atoms with Gasteiger partial charge in [-0.2, -0.15) is 0 Å². The lowest BCUT2D eigenvalue weighted by atomic mass is 9.95. The third kappa shape index (κ3) is 5.31. The van der Waals surface area contributed by atoms with Gasteiger partial charge < -0.3 is 15.4 Å². The highest BCUT2D eigenvalue weighted by atomic mass is 16.5. The molecule has 1 atom stereocenters. The van der Waals surface area contributed by atoms with Gasteiger partial charge in [0.2, 0.25) is 18.3 Å². The number of carbonyl (C=O) groups excluding carboxylic acids is 3. The van der Waals surface area contributed by atoms with E-state index in [0.29, 0.717) is 43.7 Å². The van der Waals surface area contributed by atoms with Crippen molar-refractivity contribution in [3.63, 3.8) is 0 Å². The van der Waals surface area contributed by atoms with Gasteiger partial charge in [0.05, 0.1) is 7.11 Å². The molecule has 2 heterocycles. The summed E-state index contributed by atoms with van der Waals surface area (Å²) in [6, 6.07) is 5.51. The topological polar surface area (TPSA) is 128 Å². The molecule has 0 radical (unpaired) electrons. The number of rotatable bonds is 10. The molecule has 0 saturated heterocycles. The van der Waals surface area contributed by atoms with E-state index in [1.807, 2.05) is 12.1 Å². The molecule has 0 aliphatic carbocycles. The number of methoxy groups -OCH3 is 1. The van der Waals surface area contributed by atoms with Crippen LogP contribution >= 0.6 is 0 Å². The van der Waals surface area contributed by atoms with Crippen molar-refractivity contribution in [3.05, 3.63) is 47.3 Å². The highest BCUT2D eigenvalue weighted by molar-refractivity contribution is 5.98. The summed E-state index contributed by atoms with van der Waals surface area (Å²) >= 11 is 0. The Bertz CT molecular complexity index is 916. The molecule has 3 amide bonds. The number of imide groups is 1. The van der Waals surface area contributed by atoms with Gasteiger partial charge in [0.15, 0.2) is 0 Å². The molecule has 1 aromatic heterocycles. The highest BCUT2D eigenvalue weighted by Crippen LogP contribution is 2.28. The minimum absolute atomic E-state index is 0.0398. The average Bonchev–Trinajstić information content (AvgIpc) is 3.06. The number of aryl methyl sites for hydroxylation is 1. The largest absolute Gasteiger partial charge is 0.497 e. The second kappa shape index (κ2) is 9.82. The Balaban J connectivity index is 1.66. The van der Waals surface area contributed by atoms with Crippen LogP contribution in [0.3, 0.4) is 0 Å². The van der Waals surface area contributed by atoms with Crippen LogP contribution < -0.4 is 15.8 Å². The molecule has 9 nitrogen and oxygen atoms in total. The number of nitrogen functional groups attached to an aromatic ring is 1. The first-order valence-corrected chi connectivity index (χ1v) is 9.75. The summed E-state index contributed by atoms with van der Waals surface area (Å²) in [4.78, 5) is 44.9. The Morgan fingerprint density at radius 1 is 1.33 bits per heavy atom. The van der Waals surface area contributed by atoms with Crippen molar-refractivity contribution >= 4 is 24.2 Å². The van der Waals surface area contributed by atoms with Gasteiger partial charge in [-0.05, 0) is 48.4 Å². The van der Waals surface area contributed by atoms with Gasteiger partial charge in [-0.25, -0.2) is 9.97 Å². The van der Waals surface area contributed by atoms with E-state index >= 15 is 0 Å². The summed E-state index contributed by atoms with van der Waals surface area (Å²) < 4.78 is 5.22. The number of carbonyl (C=O) groups is 3. The summed E-state index contributed by atoms with van der Waals surface area (Å²) in [5.74, 6) is 0.569. The Kier molecular flexibility index (Phi) is 6.95. The second-order valence-corrected chi connectivity index (χ2v) is 7.29. The van der Waals surface area contributed by atoms with Crippen molar-refractivity contribution in [3.8, 4) is 5.75 Å². The van der Waals surface area contributed by atoms with E-state index in [4.69, 9.17) is 10.5 Å². The van der Waals surface area contributed by atoms with Crippen molar-refractivity contribution < 1.29 is 19.1 Å². The smallest absolute Gasteiger partial charge is 0.254 e. The Hall–Kier alpha value is -3.49. The summed E-state index contributed by atoms with van der Waals surface area (Å²) in [6.45, 7) is 1.04. The molecule has 0 spiro atoms. The van der Waals surface area contributed by atoms with E-state index in [1.54, 1.807) is 30.5 Å². The van der Waals surface area contributed by atoms with Crippen LogP contribution in [0.25, 0.3) is 0 Å². The number of hydrogen-bond donors (Lipinski definition) is 2. The van der Waals surface area contributed by atoms with Crippen LogP contribution in [0.4, 0.5) is 5.95 Å². The summed E-state index contributed by atoms with van der Waals surface area (Å²) in [7, 11) is 1.57. The van der Waals surface area contributed by atoms with Gasteiger partial charge in [-0.1, -0.05) is 6.07 Å². The van der Waals surface area contributed by atoms with Gasteiger partial charge in [0, 0.05) is 37.5 Å². The van der Waals surface area contributed by atoms with Crippen molar-refractivity contribution in [1.82, 2.24) is 20.2 Å². The predicted molar refractivity (Wildman–Crippen MR) is 109 cm³/mol. The molecule has 1 aromatic carbocycles. The number of amides is 3. The SMILES string of the molecule is COc1ccc2c(c1)C(=O)N(CC(CCC(=O)NC=O)CCc1cnc(N)nc1)C2. The lowest BCUT2D eigenvalue weighted by Crippen LogP contribution is -2.31. The average molecular weight is 411 g/mol. The molecule has 1 unspecified atom stereocenters. The standard InChI is InChI=1S/C21H25N5O4/c1-30-17-6-5-16-12-26(20(29)18(16)8-17)11-14(4-7-19(28)25-13-27)2-3-15-9-23-21(22)24-10-15/h5-6,8-10,13-14H,2-4,7,11-12H2,1H3,(H2,22,23,24)(H,25,27,28). The summed E-state index contributed by atoms with van der Waals surface area (Å²) in [5.41, 5.74) is 8.08. The van der Waals surface area contributed by atoms with Crippen LogP contribution in [0.15, 0.2) is 30.6 Å². The molecule has 0 saturated carbocycles. The van der Waals surface area contributed by atoms with Crippen LogP contribution in [0.5, 0.6) is 5.75 Å². The third-order valence-corrected chi connectivity index (χ3v) is 5.24. The molecule has 3 N–H and O–H groups in total. The molecule has 1 aliphatic rings. The molecule has 30 heavy (non-hydrogen) atoms. The summed E-state index contributed by atoms with van der Waals surface area (Å²) in [6.07, 6.45) is 5.96. The molecule has 9 heteroatoms. The molecule has 0 bridgehead atoms. The monoisotopic (exact) mass is 411 g/mol. The number of benzene rings is 1. The third-order valence-electron chi connectivity index (χ3n) is 5.24. The first-order chi connectivity index (χ1) is 14.5. The van der Waals surface area contributed by atoms with E-state index in [-0.39, 0.29) is 30.1 Å². The minimum atomic E-state index is -0.327. The van der Waals surface area contributed by atoms with Crippen molar-refractivity contribution in [2.45, 2.75) is 32.2 Å². The van der Waals surface area contributed by atoms with Crippen LogP contribution in [-0.4, -0.2) is 46.7 Å².